The maximum absolute atomic E-state index is 5.25. The highest BCUT2D eigenvalue weighted by atomic mass is 32.2. The van der Waals surface area contributed by atoms with Crippen LogP contribution in [0.2, 0.25) is 0 Å². The van der Waals surface area contributed by atoms with Gasteiger partial charge in [0.15, 0.2) is 0 Å². The Bertz CT molecular complexity index is 163. The van der Waals surface area contributed by atoms with Crippen molar-refractivity contribution >= 4 is 11.8 Å². The fourth-order valence-electron chi connectivity index (χ4n) is 0.790. The Balaban J connectivity index is 4.21. The van der Waals surface area contributed by atoms with Crippen molar-refractivity contribution < 1.29 is 0 Å². The zero-order valence-electron chi connectivity index (χ0n) is 7.72. The van der Waals surface area contributed by atoms with Crippen molar-refractivity contribution in [3.8, 4) is 0 Å². The molecule has 0 rings (SSSR count). The molecule has 0 bridgehead atoms. The molecule has 0 radical (unpaired) electrons. The Labute approximate surface area is 73.7 Å². The van der Waals surface area contributed by atoms with Gasteiger partial charge in [-0.3, -0.25) is 0 Å². The van der Waals surface area contributed by atoms with Gasteiger partial charge in [0.05, 0.1) is 0 Å². The summed E-state index contributed by atoms with van der Waals surface area (Å²) in [6.07, 6.45) is 3.70. The lowest BCUT2D eigenvalue weighted by atomic mass is 9.96. The van der Waals surface area contributed by atoms with E-state index in [1.54, 1.807) is 18.0 Å². The third-order valence-electron chi connectivity index (χ3n) is 1.27. The Hall–Kier alpha value is -0.370. The van der Waals surface area contributed by atoms with Gasteiger partial charge in [0, 0.05) is 6.20 Å². The minimum atomic E-state index is 0.235. The molecule has 0 aromatic rings. The largest absolute Gasteiger partial charge is 0.404 e. The number of hydrogen-bond donors (Lipinski definition) is 1. The Morgan fingerprint density at radius 3 is 2.18 bits per heavy atom. The molecule has 0 aliphatic carbocycles. The summed E-state index contributed by atoms with van der Waals surface area (Å²) in [6.45, 7) is 8.64. The van der Waals surface area contributed by atoms with Crippen LogP contribution in [0.3, 0.4) is 0 Å². The van der Waals surface area contributed by atoms with Gasteiger partial charge in [0.25, 0.3) is 0 Å². The molecule has 2 N–H and O–H groups in total. The highest BCUT2D eigenvalue weighted by Gasteiger charge is 2.14. The van der Waals surface area contributed by atoms with E-state index in [2.05, 4.69) is 33.8 Å². The molecule has 0 fully saturated rings. The summed E-state index contributed by atoms with van der Waals surface area (Å²) in [5.74, 6) is 0. The molecule has 0 aromatic carbocycles. The van der Waals surface area contributed by atoms with Crippen LogP contribution in [0.1, 0.15) is 27.7 Å². The first kappa shape index (κ1) is 10.6. The minimum Gasteiger partial charge on any atom is -0.404 e. The van der Waals surface area contributed by atoms with Crippen molar-refractivity contribution in [3.63, 3.8) is 0 Å². The molecule has 0 spiro atoms. The normalized spacial score (nSPS) is 14.4. The summed E-state index contributed by atoms with van der Waals surface area (Å²) < 4.78 is 0. The lowest BCUT2D eigenvalue weighted by molar-refractivity contribution is 0.533. The first-order chi connectivity index (χ1) is 5.02. The second-order valence-corrected chi connectivity index (χ2v) is 4.30. The summed E-state index contributed by atoms with van der Waals surface area (Å²) in [6, 6.07) is 0. The van der Waals surface area contributed by atoms with E-state index in [1.165, 1.54) is 4.91 Å². The molecule has 0 saturated heterocycles. The molecule has 0 aromatic heterocycles. The Morgan fingerprint density at radius 1 is 1.36 bits per heavy atom. The highest BCUT2D eigenvalue weighted by Crippen LogP contribution is 2.34. The predicted octanol–water partition coefficient (Wildman–Crippen LogP) is 3.10. The lowest BCUT2D eigenvalue weighted by Crippen LogP contribution is -2.05. The zero-order chi connectivity index (χ0) is 8.91. The van der Waals surface area contributed by atoms with Crippen molar-refractivity contribution in [1.29, 1.82) is 0 Å². The number of allylic oxidation sites excluding steroid dienone is 2. The molecule has 0 aliphatic heterocycles. The first-order valence-electron chi connectivity index (χ1n) is 3.72. The van der Waals surface area contributed by atoms with Gasteiger partial charge in [-0.05, 0) is 22.7 Å². The van der Waals surface area contributed by atoms with Crippen molar-refractivity contribution in [1.82, 2.24) is 0 Å². The van der Waals surface area contributed by atoms with E-state index in [0.717, 1.165) is 0 Å². The van der Waals surface area contributed by atoms with Gasteiger partial charge in [-0.15, -0.1) is 11.8 Å². The number of rotatable bonds is 2. The van der Waals surface area contributed by atoms with E-state index in [0.29, 0.717) is 0 Å². The number of thioether (sulfide) groups is 1. The van der Waals surface area contributed by atoms with E-state index < -0.39 is 0 Å². The number of nitrogens with two attached hydrogens (primary N) is 1. The van der Waals surface area contributed by atoms with Crippen LogP contribution < -0.4 is 5.73 Å². The summed E-state index contributed by atoms with van der Waals surface area (Å²) in [5.41, 5.74) is 5.48. The van der Waals surface area contributed by atoms with E-state index >= 15 is 0 Å². The highest BCUT2D eigenvalue weighted by molar-refractivity contribution is 8.05. The smallest absolute Gasteiger partial charge is 0.000533 e. The van der Waals surface area contributed by atoms with Crippen molar-refractivity contribution in [2.24, 2.45) is 11.1 Å². The Kier molecular flexibility index (Phi) is 4.34. The molecule has 64 valence electrons. The van der Waals surface area contributed by atoms with Crippen LogP contribution in [0.15, 0.2) is 22.6 Å². The number of hydrogen-bond acceptors (Lipinski definition) is 2. The van der Waals surface area contributed by atoms with Crippen LogP contribution in [-0.4, -0.2) is 0 Å². The van der Waals surface area contributed by atoms with Gasteiger partial charge in [-0.25, -0.2) is 0 Å². The van der Waals surface area contributed by atoms with E-state index in [1.807, 2.05) is 5.41 Å². The van der Waals surface area contributed by atoms with E-state index in [4.69, 9.17) is 5.73 Å². The van der Waals surface area contributed by atoms with Crippen LogP contribution >= 0.6 is 11.8 Å². The van der Waals surface area contributed by atoms with Gasteiger partial charge in [-0.2, -0.15) is 0 Å². The van der Waals surface area contributed by atoms with E-state index in [-0.39, 0.29) is 5.41 Å². The fraction of sp³-hybridized carbons (Fsp3) is 0.556. The monoisotopic (exact) mass is 171 g/mol. The van der Waals surface area contributed by atoms with E-state index in [9.17, 15) is 0 Å². The molecule has 0 aliphatic rings. The second-order valence-electron chi connectivity index (χ2n) is 3.35. The van der Waals surface area contributed by atoms with Crippen LogP contribution in [0.5, 0.6) is 0 Å². The fourth-order valence-corrected chi connectivity index (χ4v) is 1.51. The van der Waals surface area contributed by atoms with Crippen molar-refractivity contribution in [2.75, 3.05) is 0 Å². The molecule has 2 heteroatoms. The molecule has 0 atom stereocenters. The molecular weight excluding hydrogens is 154 g/mol. The maximum atomic E-state index is 5.25. The summed E-state index contributed by atoms with van der Waals surface area (Å²) >= 11 is 1.68. The topological polar surface area (TPSA) is 26.0 Å². The van der Waals surface area contributed by atoms with Crippen LogP contribution in [0.4, 0.5) is 0 Å². The first-order valence-corrected chi connectivity index (χ1v) is 4.60. The molecule has 11 heavy (non-hydrogen) atoms. The predicted molar refractivity (Wildman–Crippen MR) is 54.1 cm³/mol. The maximum Gasteiger partial charge on any atom is 0.000533 e. The third-order valence-corrected chi connectivity index (χ3v) is 2.67. The summed E-state index contributed by atoms with van der Waals surface area (Å²) in [4.78, 5) is 1.35. The van der Waals surface area contributed by atoms with Gasteiger partial charge in [0.2, 0.25) is 0 Å². The van der Waals surface area contributed by atoms with Crippen LogP contribution in [0, 0.1) is 5.41 Å². The molecule has 0 saturated carbocycles. The zero-order valence-corrected chi connectivity index (χ0v) is 8.53. The summed E-state index contributed by atoms with van der Waals surface area (Å²) in [5, 5.41) is 1.90. The van der Waals surface area contributed by atoms with Gasteiger partial charge >= 0.3 is 0 Å². The third kappa shape index (κ3) is 4.14. The molecule has 0 amide bonds. The lowest BCUT2D eigenvalue weighted by Gasteiger charge is -2.20. The molecule has 1 nitrogen and oxygen atoms in total. The second kappa shape index (κ2) is 4.50. The average molecular weight is 171 g/mol. The Morgan fingerprint density at radius 2 is 1.91 bits per heavy atom. The van der Waals surface area contributed by atoms with Crippen LogP contribution in [-0.2, 0) is 0 Å². The van der Waals surface area contributed by atoms with Crippen molar-refractivity contribution in [2.45, 2.75) is 27.7 Å². The van der Waals surface area contributed by atoms with Gasteiger partial charge in [-0.1, -0.05) is 26.8 Å². The molecule has 0 unspecified atom stereocenters. The molecular formula is C9H17NS. The molecule has 0 heterocycles. The minimum absolute atomic E-state index is 0.235. The van der Waals surface area contributed by atoms with Gasteiger partial charge in [0.1, 0.15) is 0 Å². The van der Waals surface area contributed by atoms with Gasteiger partial charge < -0.3 is 5.73 Å². The quantitative estimate of drug-likeness (QED) is 0.691. The summed E-state index contributed by atoms with van der Waals surface area (Å²) in [7, 11) is 0. The van der Waals surface area contributed by atoms with Crippen LogP contribution in [0.25, 0.3) is 0 Å². The van der Waals surface area contributed by atoms with Crippen molar-refractivity contribution in [3.05, 3.63) is 22.6 Å². The SMILES string of the molecule is C/C=C(\S/C=C\N)C(C)(C)C. The average Bonchev–Trinajstić information content (AvgIpc) is 1.87. The standard InChI is InChI=1S/C9H17NS/c1-5-8(9(2,3)4)11-7-6-10/h5-7H,10H2,1-4H3/b7-6-,8-5-.